The van der Waals surface area contributed by atoms with Crippen molar-refractivity contribution in [2.75, 3.05) is 19.7 Å². The number of ether oxygens (including phenoxy) is 1. The van der Waals surface area contributed by atoms with Gasteiger partial charge in [-0.2, -0.15) is 0 Å². The van der Waals surface area contributed by atoms with Gasteiger partial charge in [-0.15, -0.1) is 0 Å². The van der Waals surface area contributed by atoms with Gasteiger partial charge in [0, 0.05) is 11.5 Å². The van der Waals surface area contributed by atoms with Gasteiger partial charge < -0.3 is 14.7 Å². The second-order valence-electron chi connectivity index (χ2n) is 3.27. The highest BCUT2D eigenvalue weighted by molar-refractivity contribution is 5.67. The quantitative estimate of drug-likeness (QED) is 0.419. The van der Waals surface area contributed by atoms with Crippen LogP contribution in [0.25, 0.3) is 10.4 Å². The monoisotopic (exact) mass is 214 g/mol. The second-order valence-corrected chi connectivity index (χ2v) is 3.27. The van der Waals surface area contributed by atoms with Crippen LogP contribution in [0.4, 0.5) is 4.79 Å². The van der Waals surface area contributed by atoms with Gasteiger partial charge in [0.15, 0.2) is 0 Å². The van der Waals surface area contributed by atoms with Gasteiger partial charge in [0.2, 0.25) is 0 Å². The van der Waals surface area contributed by atoms with Crippen molar-refractivity contribution in [2.45, 2.75) is 25.5 Å². The normalized spacial score (nSPS) is 25.6. The third kappa shape index (κ3) is 3.00. The first-order valence-electron chi connectivity index (χ1n) is 4.83. The zero-order valence-electron chi connectivity index (χ0n) is 8.54. The molecule has 0 aliphatic carbocycles. The van der Waals surface area contributed by atoms with Crippen LogP contribution in [0.1, 0.15) is 13.3 Å². The number of aliphatic hydroxyl groups excluding tert-OH is 1. The summed E-state index contributed by atoms with van der Waals surface area (Å²) in [6.45, 7) is 2.63. The van der Waals surface area contributed by atoms with E-state index in [1.54, 1.807) is 6.92 Å². The molecule has 7 nitrogen and oxygen atoms in total. The molecule has 0 bridgehead atoms. The van der Waals surface area contributed by atoms with Gasteiger partial charge in [-0.25, -0.2) is 4.79 Å². The number of likely N-dealkylation sites (tertiary alicyclic amines) is 1. The lowest BCUT2D eigenvalue weighted by atomic mass is 10.0. The van der Waals surface area contributed by atoms with Crippen LogP contribution in [0.15, 0.2) is 5.11 Å². The minimum Gasteiger partial charge on any atom is -0.450 e. The Balaban J connectivity index is 2.50. The average molecular weight is 214 g/mol. The Hall–Kier alpha value is -1.46. The van der Waals surface area contributed by atoms with Crippen LogP contribution in [-0.2, 0) is 4.74 Å². The summed E-state index contributed by atoms with van der Waals surface area (Å²) in [5.74, 6) is 0. The zero-order valence-corrected chi connectivity index (χ0v) is 8.54. The van der Waals surface area contributed by atoms with Crippen molar-refractivity contribution in [1.29, 1.82) is 0 Å². The van der Waals surface area contributed by atoms with Crippen LogP contribution in [0.5, 0.6) is 0 Å². The van der Waals surface area contributed by atoms with Crippen LogP contribution >= 0.6 is 0 Å². The molecule has 1 aliphatic heterocycles. The molecule has 1 saturated heterocycles. The van der Waals surface area contributed by atoms with Gasteiger partial charge in [-0.05, 0) is 18.9 Å². The van der Waals surface area contributed by atoms with Gasteiger partial charge in [0.1, 0.15) is 0 Å². The molecule has 1 aliphatic rings. The smallest absolute Gasteiger partial charge is 0.409 e. The highest BCUT2D eigenvalue weighted by Gasteiger charge is 2.29. The average Bonchev–Trinajstić information content (AvgIpc) is 2.21. The number of hydrogen-bond acceptors (Lipinski definition) is 4. The minimum atomic E-state index is -0.806. The molecule has 1 fully saturated rings. The van der Waals surface area contributed by atoms with Crippen molar-refractivity contribution in [1.82, 2.24) is 4.90 Å². The van der Waals surface area contributed by atoms with Crippen molar-refractivity contribution < 1.29 is 14.6 Å². The van der Waals surface area contributed by atoms with Crippen LogP contribution in [0.3, 0.4) is 0 Å². The van der Waals surface area contributed by atoms with Crippen molar-refractivity contribution in [3.05, 3.63) is 10.4 Å². The first-order valence-corrected chi connectivity index (χ1v) is 4.83. The van der Waals surface area contributed by atoms with Crippen LogP contribution in [-0.4, -0.2) is 47.9 Å². The molecule has 0 saturated carbocycles. The molecule has 2 atom stereocenters. The van der Waals surface area contributed by atoms with E-state index in [-0.39, 0.29) is 6.54 Å². The topological polar surface area (TPSA) is 98.5 Å². The lowest BCUT2D eigenvalue weighted by Crippen LogP contribution is -2.48. The fraction of sp³-hybridized carbons (Fsp3) is 0.875. The maximum Gasteiger partial charge on any atom is 0.409 e. The van der Waals surface area contributed by atoms with E-state index in [2.05, 4.69) is 10.0 Å². The Morgan fingerprint density at radius 2 is 2.53 bits per heavy atom. The van der Waals surface area contributed by atoms with Gasteiger partial charge in [-0.3, -0.25) is 0 Å². The number of azide groups is 1. The van der Waals surface area contributed by atoms with Crippen molar-refractivity contribution in [3.63, 3.8) is 0 Å². The molecule has 1 N–H and O–H groups in total. The van der Waals surface area contributed by atoms with Gasteiger partial charge in [0.25, 0.3) is 0 Å². The van der Waals surface area contributed by atoms with E-state index in [0.717, 1.165) is 0 Å². The van der Waals surface area contributed by atoms with Crippen molar-refractivity contribution in [3.8, 4) is 0 Å². The Bertz CT molecular complexity index is 277. The molecule has 2 unspecified atom stereocenters. The number of hydrogen-bond donors (Lipinski definition) is 1. The number of aliphatic hydroxyl groups is 1. The first-order chi connectivity index (χ1) is 7.19. The highest BCUT2D eigenvalue weighted by atomic mass is 16.6. The molecule has 0 spiro atoms. The SMILES string of the molecule is CCOC(=O)N1CCC(N=[N+]=[N-])C(O)C1. The number of carbonyl (C=O) groups is 1. The Morgan fingerprint density at radius 1 is 1.80 bits per heavy atom. The number of β-amino-alcohol motifs (C(OH)–C–C–N with tert-alkyl or cyclic N) is 1. The number of rotatable bonds is 2. The summed E-state index contributed by atoms with van der Waals surface area (Å²) in [6.07, 6.45) is -0.778. The summed E-state index contributed by atoms with van der Waals surface area (Å²) < 4.78 is 4.80. The lowest BCUT2D eigenvalue weighted by Gasteiger charge is -2.32. The van der Waals surface area contributed by atoms with E-state index >= 15 is 0 Å². The third-order valence-corrected chi connectivity index (χ3v) is 2.27. The van der Waals surface area contributed by atoms with E-state index in [1.807, 2.05) is 0 Å². The van der Waals surface area contributed by atoms with E-state index in [4.69, 9.17) is 10.3 Å². The van der Waals surface area contributed by atoms with Gasteiger partial charge >= 0.3 is 6.09 Å². The number of carbonyl (C=O) groups excluding carboxylic acids is 1. The van der Waals surface area contributed by atoms with E-state index < -0.39 is 18.2 Å². The van der Waals surface area contributed by atoms with E-state index in [0.29, 0.717) is 19.6 Å². The largest absolute Gasteiger partial charge is 0.450 e. The molecule has 1 amide bonds. The summed E-state index contributed by atoms with van der Waals surface area (Å²) in [5, 5.41) is 13.0. The predicted molar refractivity (Wildman–Crippen MR) is 52.2 cm³/mol. The van der Waals surface area contributed by atoms with Crippen molar-refractivity contribution in [2.24, 2.45) is 5.11 Å². The summed E-state index contributed by atoms with van der Waals surface area (Å²) in [5.41, 5.74) is 8.24. The highest BCUT2D eigenvalue weighted by Crippen LogP contribution is 2.15. The molecule has 0 radical (unpaired) electrons. The summed E-state index contributed by atoms with van der Waals surface area (Å²) in [7, 11) is 0. The van der Waals surface area contributed by atoms with E-state index in [9.17, 15) is 9.90 Å². The lowest BCUT2D eigenvalue weighted by molar-refractivity contribution is 0.0403. The standard InChI is InChI=1S/C8H14N4O3/c1-2-15-8(14)12-4-3-6(10-11-9)7(13)5-12/h6-7,13H,2-5H2,1H3. The first kappa shape index (κ1) is 11.6. The third-order valence-electron chi connectivity index (χ3n) is 2.27. The molecule has 0 aromatic rings. The molecule has 0 aromatic heterocycles. The van der Waals surface area contributed by atoms with Crippen LogP contribution in [0, 0.1) is 0 Å². The maximum atomic E-state index is 11.3. The van der Waals surface area contributed by atoms with Crippen LogP contribution < -0.4 is 0 Å². The molecule has 84 valence electrons. The van der Waals surface area contributed by atoms with Gasteiger partial charge in [0.05, 0.1) is 25.3 Å². The van der Waals surface area contributed by atoms with Gasteiger partial charge in [-0.1, -0.05) is 5.11 Å². The molecular formula is C8H14N4O3. The fourth-order valence-electron chi connectivity index (χ4n) is 1.50. The number of amides is 1. The Morgan fingerprint density at radius 3 is 3.07 bits per heavy atom. The second kappa shape index (κ2) is 5.43. The van der Waals surface area contributed by atoms with Crippen molar-refractivity contribution >= 4 is 6.09 Å². The van der Waals surface area contributed by atoms with E-state index in [1.165, 1.54) is 4.90 Å². The molecule has 1 heterocycles. The fourth-order valence-corrected chi connectivity index (χ4v) is 1.50. The Kier molecular flexibility index (Phi) is 4.20. The summed E-state index contributed by atoms with van der Waals surface area (Å²) in [6, 6.07) is -0.444. The summed E-state index contributed by atoms with van der Waals surface area (Å²) >= 11 is 0. The number of nitrogens with zero attached hydrogens (tertiary/aromatic N) is 4. The summed E-state index contributed by atoms with van der Waals surface area (Å²) in [4.78, 5) is 15.4. The minimum absolute atomic E-state index is 0.155. The molecule has 15 heavy (non-hydrogen) atoms. The Labute approximate surface area is 87.3 Å². The molecular weight excluding hydrogens is 200 g/mol. The molecule has 1 rings (SSSR count). The zero-order chi connectivity index (χ0) is 11.3. The number of piperidine rings is 1. The molecule has 0 aromatic carbocycles. The van der Waals surface area contributed by atoms with Crippen LogP contribution in [0.2, 0.25) is 0 Å². The molecule has 7 heteroatoms. The predicted octanol–water partition coefficient (Wildman–Crippen LogP) is 0.888. The maximum absolute atomic E-state index is 11.3.